The van der Waals surface area contributed by atoms with Crippen LogP contribution >= 0.6 is 11.3 Å². The van der Waals surface area contributed by atoms with Crippen LogP contribution in [0, 0.1) is 0 Å². The van der Waals surface area contributed by atoms with Crippen LogP contribution in [0.2, 0.25) is 0 Å². The molecule has 0 saturated carbocycles. The van der Waals surface area contributed by atoms with E-state index in [1.165, 1.54) is 38.0 Å². The van der Waals surface area contributed by atoms with Crippen LogP contribution in [-0.4, -0.2) is 30.6 Å². The molecule has 2 heterocycles. The van der Waals surface area contributed by atoms with Gasteiger partial charge in [0.15, 0.2) is 0 Å². The van der Waals surface area contributed by atoms with E-state index in [2.05, 4.69) is 34.0 Å². The maximum atomic E-state index is 3.65. The minimum Gasteiger partial charge on any atom is -0.309 e. The van der Waals surface area contributed by atoms with E-state index in [9.17, 15) is 0 Å². The highest BCUT2D eigenvalue weighted by Gasteiger charge is 2.17. The van der Waals surface area contributed by atoms with E-state index in [0.717, 1.165) is 6.54 Å². The SMILES string of the molecule is CCN1CCCC(NCc2ccsc2)C1. The predicted octanol–water partition coefficient (Wildman–Crippen LogP) is 2.32. The lowest BCUT2D eigenvalue weighted by Crippen LogP contribution is -2.45. The van der Waals surface area contributed by atoms with Gasteiger partial charge in [-0.25, -0.2) is 0 Å². The Hall–Kier alpha value is -0.380. The van der Waals surface area contributed by atoms with Crippen molar-refractivity contribution < 1.29 is 0 Å². The molecule has 15 heavy (non-hydrogen) atoms. The van der Waals surface area contributed by atoms with Gasteiger partial charge in [0.25, 0.3) is 0 Å². The fourth-order valence-corrected chi connectivity index (χ4v) is 2.83. The molecule has 1 saturated heterocycles. The summed E-state index contributed by atoms with van der Waals surface area (Å²) in [5.41, 5.74) is 1.42. The van der Waals surface area contributed by atoms with Crippen molar-refractivity contribution in [3.05, 3.63) is 22.4 Å². The highest BCUT2D eigenvalue weighted by atomic mass is 32.1. The first-order valence-corrected chi connectivity index (χ1v) is 6.79. The molecule has 1 unspecified atom stereocenters. The number of hydrogen-bond acceptors (Lipinski definition) is 3. The van der Waals surface area contributed by atoms with Crippen molar-refractivity contribution in [1.29, 1.82) is 0 Å². The Morgan fingerprint density at radius 3 is 3.27 bits per heavy atom. The molecule has 0 aliphatic carbocycles. The Bertz CT molecular complexity index is 271. The van der Waals surface area contributed by atoms with E-state index in [0.29, 0.717) is 6.04 Å². The molecular formula is C12H20N2S. The second-order valence-electron chi connectivity index (χ2n) is 4.24. The molecule has 0 radical (unpaired) electrons. The van der Waals surface area contributed by atoms with Crippen molar-refractivity contribution in [2.45, 2.75) is 32.4 Å². The Balaban J connectivity index is 1.74. The Morgan fingerprint density at radius 1 is 1.60 bits per heavy atom. The van der Waals surface area contributed by atoms with E-state index in [1.54, 1.807) is 11.3 Å². The van der Waals surface area contributed by atoms with Crippen molar-refractivity contribution in [3.8, 4) is 0 Å². The van der Waals surface area contributed by atoms with Gasteiger partial charge in [0.05, 0.1) is 0 Å². The van der Waals surface area contributed by atoms with Crippen LogP contribution in [0.5, 0.6) is 0 Å². The molecule has 1 N–H and O–H groups in total. The smallest absolute Gasteiger partial charge is 0.0216 e. The largest absolute Gasteiger partial charge is 0.309 e. The highest BCUT2D eigenvalue weighted by Crippen LogP contribution is 2.11. The summed E-state index contributed by atoms with van der Waals surface area (Å²) in [4.78, 5) is 2.54. The molecule has 1 fully saturated rings. The van der Waals surface area contributed by atoms with Crippen LogP contribution in [0.15, 0.2) is 16.8 Å². The number of nitrogens with one attached hydrogen (secondary N) is 1. The third kappa shape index (κ3) is 3.30. The summed E-state index contributed by atoms with van der Waals surface area (Å²) in [6, 6.07) is 2.90. The highest BCUT2D eigenvalue weighted by molar-refractivity contribution is 7.07. The van der Waals surface area contributed by atoms with Crippen LogP contribution in [0.25, 0.3) is 0 Å². The molecule has 1 aromatic heterocycles. The van der Waals surface area contributed by atoms with Gasteiger partial charge >= 0.3 is 0 Å². The lowest BCUT2D eigenvalue weighted by molar-refractivity contribution is 0.198. The summed E-state index contributed by atoms with van der Waals surface area (Å²) >= 11 is 1.78. The average Bonchev–Trinajstić information content (AvgIpc) is 2.79. The minimum atomic E-state index is 0.693. The van der Waals surface area contributed by atoms with Crippen LogP contribution in [0.1, 0.15) is 25.3 Å². The molecule has 0 spiro atoms. The third-order valence-corrected chi connectivity index (χ3v) is 3.86. The molecule has 0 aromatic carbocycles. The molecule has 1 aliphatic rings. The number of likely N-dealkylation sites (N-methyl/N-ethyl adjacent to an activating group) is 1. The number of thiophene rings is 1. The fourth-order valence-electron chi connectivity index (χ4n) is 2.16. The zero-order chi connectivity index (χ0) is 10.5. The Kier molecular flexibility index (Phi) is 4.18. The number of likely N-dealkylation sites (tertiary alicyclic amines) is 1. The van der Waals surface area contributed by atoms with E-state index in [1.807, 2.05) is 0 Å². The second-order valence-corrected chi connectivity index (χ2v) is 5.02. The van der Waals surface area contributed by atoms with Gasteiger partial charge in [-0.1, -0.05) is 6.92 Å². The summed E-state index contributed by atoms with van der Waals surface area (Å²) in [6.45, 7) is 6.98. The zero-order valence-corrected chi connectivity index (χ0v) is 10.2. The lowest BCUT2D eigenvalue weighted by atomic mass is 10.1. The van der Waals surface area contributed by atoms with Crippen molar-refractivity contribution in [1.82, 2.24) is 10.2 Å². The third-order valence-electron chi connectivity index (χ3n) is 3.13. The minimum absolute atomic E-state index is 0.693. The maximum absolute atomic E-state index is 3.65. The monoisotopic (exact) mass is 224 g/mol. The topological polar surface area (TPSA) is 15.3 Å². The van der Waals surface area contributed by atoms with E-state index >= 15 is 0 Å². The van der Waals surface area contributed by atoms with E-state index < -0.39 is 0 Å². The Labute approximate surface area is 96.3 Å². The van der Waals surface area contributed by atoms with Gasteiger partial charge in [0.1, 0.15) is 0 Å². The lowest BCUT2D eigenvalue weighted by Gasteiger charge is -2.32. The van der Waals surface area contributed by atoms with Gasteiger partial charge in [-0.3, -0.25) is 0 Å². The normalized spacial score (nSPS) is 23.1. The summed E-state index contributed by atoms with van der Waals surface area (Å²) < 4.78 is 0. The van der Waals surface area contributed by atoms with Gasteiger partial charge in [-0.05, 0) is 48.3 Å². The number of hydrogen-bond donors (Lipinski definition) is 1. The first-order chi connectivity index (χ1) is 7.38. The van der Waals surface area contributed by atoms with Crippen LogP contribution in [0.4, 0.5) is 0 Å². The van der Waals surface area contributed by atoms with Gasteiger partial charge in [-0.15, -0.1) is 0 Å². The van der Waals surface area contributed by atoms with Crippen molar-refractivity contribution in [3.63, 3.8) is 0 Å². The standard InChI is InChI=1S/C12H20N2S/c1-2-14-6-3-4-12(9-14)13-8-11-5-7-15-10-11/h5,7,10,12-13H,2-4,6,8-9H2,1H3. The molecule has 1 aliphatic heterocycles. The second kappa shape index (κ2) is 5.64. The quantitative estimate of drug-likeness (QED) is 0.844. The molecule has 2 nitrogen and oxygen atoms in total. The molecular weight excluding hydrogens is 204 g/mol. The number of piperidine rings is 1. The fraction of sp³-hybridized carbons (Fsp3) is 0.667. The maximum Gasteiger partial charge on any atom is 0.0216 e. The van der Waals surface area contributed by atoms with Gasteiger partial charge in [-0.2, -0.15) is 11.3 Å². The molecule has 84 valence electrons. The summed E-state index contributed by atoms with van der Waals surface area (Å²) in [6.07, 6.45) is 2.68. The van der Waals surface area contributed by atoms with E-state index in [-0.39, 0.29) is 0 Å². The molecule has 0 amide bonds. The van der Waals surface area contributed by atoms with Gasteiger partial charge < -0.3 is 10.2 Å². The molecule has 0 bridgehead atoms. The molecule has 1 atom stereocenters. The molecule has 1 aromatic rings. The van der Waals surface area contributed by atoms with Crippen molar-refractivity contribution in [2.75, 3.05) is 19.6 Å². The summed E-state index contributed by atoms with van der Waals surface area (Å²) in [5, 5.41) is 8.03. The van der Waals surface area contributed by atoms with Crippen LogP contribution in [-0.2, 0) is 6.54 Å². The molecule has 3 heteroatoms. The number of rotatable bonds is 4. The summed E-state index contributed by atoms with van der Waals surface area (Å²) in [5.74, 6) is 0. The average molecular weight is 224 g/mol. The first-order valence-electron chi connectivity index (χ1n) is 5.85. The molecule has 2 rings (SSSR count). The van der Waals surface area contributed by atoms with E-state index in [4.69, 9.17) is 0 Å². The van der Waals surface area contributed by atoms with Crippen molar-refractivity contribution in [2.24, 2.45) is 0 Å². The van der Waals surface area contributed by atoms with Gasteiger partial charge in [0.2, 0.25) is 0 Å². The first kappa shape index (κ1) is 11.1. The summed E-state index contributed by atoms with van der Waals surface area (Å²) in [7, 11) is 0. The zero-order valence-electron chi connectivity index (χ0n) is 9.41. The predicted molar refractivity (Wildman–Crippen MR) is 66.3 cm³/mol. The van der Waals surface area contributed by atoms with Crippen LogP contribution in [0.3, 0.4) is 0 Å². The number of nitrogens with zero attached hydrogens (tertiary/aromatic N) is 1. The van der Waals surface area contributed by atoms with Gasteiger partial charge in [0, 0.05) is 19.1 Å². The van der Waals surface area contributed by atoms with Crippen LogP contribution < -0.4 is 5.32 Å². The van der Waals surface area contributed by atoms with Crippen molar-refractivity contribution >= 4 is 11.3 Å². The Morgan fingerprint density at radius 2 is 2.53 bits per heavy atom.